The quantitative estimate of drug-likeness (QED) is 0.405. The van der Waals surface area contributed by atoms with Gasteiger partial charge >= 0.3 is 12.4 Å². The number of nitrogens with one attached hydrogen (secondary N) is 1. The van der Waals surface area contributed by atoms with Crippen LogP contribution in [0.5, 0.6) is 5.75 Å². The lowest BCUT2D eigenvalue weighted by molar-refractivity contribution is -0.287. The zero-order chi connectivity index (χ0) is 30.2. The maximum absolute atomic E-state index is 13.5. The number of halogens is 7. The standard InChI is InChI=1S/C25H25ClF6N4O5/c1-23(2)39-13-15(41-23)11-35-8-7-20(34-35)33-22(38)17(10-19(24(27,28)29)25(30,31)32)36-12-14(9-21(36)37)40-18-6-4-3-5-16(18)26/h3-9,15,17,19H,10-13H2,1-2H3,(H,33,34,38)/t15-,17?/m1/s1. The van der Waals surface area contributed by atoms with Crippen LogP contribution in [0, 0.1) is 5.92 Å². The van der Waals surface area contributed by atoms with Gasteiger partial charge in [-0.2, -0.15) is 31.4 Å². The Labute approximate surface area is 235 Å². The first kappa shape index (κ1) is 30.7. The third-order valence-electron chi connectivity index (χ3n) is 6.25. The minimum absolute atomic E-state index is 0.102. The minimum atomic E-state index is -5.73. The van der Waals surface area contributed by atoms with Crippen molar-refractivity contribution in [2.75, 3.05) is 18.5 Å². The van der Waals surface area contributed by atoms with Gasteiger partial charge in [-0.25, -0.2) is 0 Å². The number of hydrogen-bond donors (Lipinski definition) is 1. The molecule has 2 amide bonds. The van der Waals surface area contributed by atoms with Gasteiger partial charge in [0.25, 0.3) is 5.91 Å². The summed E-state index contributed by atoms with van der Waals surface area (Å²) in [5.74, 6) is -7.17. The SMILES string of the molecule is CC1(C)OC[C@@H](Cn2ccc(NC(=O)C(CC(C(F)(F)F)C(F)(F)F)N3CC(Oc4ccccc4Cl)=CC3=O)n2)O1. The number of hydrogen-bond acceptors (Lipinski definition) is 6. The van der Waals surface area contributed by atoms with E-state index in [2.05, 4.69) is 10.4 Å². The van der Waals surface area contributed by atoms with Crippen LogP contribution in [-0.2, 0) is 25.6 Å². The number of anilines is 1. The van der Waals surface area contributed by atoms with E-state index in [1.54, 1.807) is 26.0 Å². The molecule has 3 heterocycles. The molecule has 41 heavy (non-hydrogen) atoms. The maximum atomic E-state index is 13.5. The third kappa shape index (κ3) is 7.71. The van der Waals surface area contributed by atoms with E-state index in [9.17, 15) is 35.9 Å². The number of benzene rings is 1. The fourth-order valence-corrected chi connectivity index (χ4v) is 4.53. The van der Waals surface area contributed by atoms with Gasteiger partial charge in [0.15, 0.2) is 17.5 Å². The summed E-state index contributed by atoms with van der Waals surface area (Å²) < 4.78 is 98.8. The largest absolute Gasteiger partial charge is 0.458 e. The highest BCUT2D eigenvalue weighted by Crippen LogP contribution is 2.43. The highest BCUT2D eigenvalue weighted by atomic mass is 35.5. The first-order chi connectivity index (χ1) is 19.0. The number of nitrogens with zero attached hydrogens (tertiary/aromatic N) is 3. The number of rotatable bonds is 9. The average molecular weight is 611 g/mol. The Kier molecular flexibility index (Phi) is 8.62. The molecule has 1 N–H and O–H groups in total. The molecule has 2 aliphatic rings. The fourth-order valence-electron chi connectivity index (χ4n) is 4.36. The van der Waals surface area contributed by atoms with Crippen molar-refractivity contribution in [2.45, 2.75) is 57.1 Å². The Balaban J connectivity index is 1.53. The Bertz CT molecular complexity index is 1300. The first-order valence-electron chi connectivity index (χ1n) is 12.2. The molecule has 2 aliphatic heterocycles. The zero-order valence-corrected chi connectivity index (χ0v) is 22.4. The van der Waals surface area contributed by atoms with E-state index in [0.717, 1.165) is 6.08 Å². The van der Waals surface area contributed by atoms with Crippen LogP contribution in [-0.4, -0.2) is 69.9 Å². The highest BCUT2D eigenvalue weighted by molar-refractivity contribution is 6.32. The second-order valence-electron chi connectivity index (χ2n) is 9.86. The average Bonchev–Trinajstić information content (AvgIpc) is 3.52. The molecule has 1 aromatic heterocycles. The number of carbonyl (C=O) groups excluding carboxylic acids is 2. The van der Waals surface area contributed by atoms with Crippen LogP contribution in [0.4, 0.5) is 32.2 Å². The Hall–Kier alpha value is -3.30. The predicted molar refractivity (Wildman–Crippen MR) is 132 cm³/mol. The van der Waals surface area contributed by atoms with Gasteiger partial charge in [0.1, 0.15) is 23.7 Å². The summed E-state index contributed by atoms with van der Waals surface area (Å²) >= 11 is 6.03. The molecular formula is C25H25ClF6N4O5. The minimum Gasteiger partial charge on any atom is -0.458 e. The monoisotopic (exact) mass is 610 g/mol. The molecule has 4 rings (SSSR count). The number of aromatic nitrogens is 2. The van der Waals surface area contributed by atoms with Crippen molar-refractivity contribution in [1.82, 2.24) is 14.7 Å². The van der Waals surface area contributed by atoms with Gasteiger partial charge in [-0.3, -0.25) is 14.3 Å². The van der Waals surface area contributed by atoms with E-state index >= 15 is 0 Å². The number of alkyl halides is 6. The number of amides is 2. The van der Waals surface area contributed by atoms with Gasteiger partial charge in [0, 0.05) is 18.3 Å². The van der Waals surface area contributed by atoms with E-state index < -0.39 is 54.9 Å². The molecule has 2 atom stereocenters. The second-order valence-corrected chi connectivity index (χ2v) is 10.3. The first-order valence-corrected chi connectivity index (χ1v) is 12.6. The summed E-state index contributed by atoms with van der Waals surface area (Å²) in [5, 5.41) is 6.47. The van der Waals surface area contributed by atoms with Gasteiger partial charge in [-0.1, -0.05) is 23.7 Å². The van der Waals surface area contributed by atoms with E-state index in [1.165, 1.54) is 29.1 Å². The summed E-state index contributed by atoms with van der Waals surface area (Å²) in [4.78, 5) is 26.5. The Morgan fingerprint density at radius 3 is 2.49 bits per heavy atom. The summed E-state index contributed by atoms with van der Waals surface area (Å²) in [6.45, 7) is 3.32. The molecule has 16 heteroatoms. The summed E-state index contributed by atoms with van der Waals surface area (Å²) in [5.41, 5.74) is 0. The number of para-hydroxylation sites is 1. The fraction of sp³-hybridized carbons (Fsp3) is 0.480. The van der Waals surface area contributed by atoms with E-state index in [0.29, 0.717) is 4.90 Å². The van der Waals surface area contributed by atoms with Crippen LogP contribution in [0.2, 0.25) is 5.02 Å². The predicted octanol–water partition coefficient (Wildman–Crippen LogP) is 4.93. The van der Waals surface area contributed by atoms with Gasteiger partial charge in [-0.05, 0) is 32.4 Å². The lowest BCUT2D eigenvalue weighted by atomic mass is 9.96. The molecule has 1 unspecified atom stereocenters. The lowest BCUT2D eigenvalue weighted by Gasteiger charge is -2.31. The maximum Gasteiger partial charge on any atom is 0.400 e. The summed E-state index contributed by atoms with van der Waals surface area (Å²) in [7, 11) is 0. The molecule has 0 bridgehead atoms. The normalized spacial score (nSPS) is 20.0. The molecule has 1 saturated heterocycles. The molecule has 1 aromatic carbocycles. The molecule has 0 saturated carbocycles. The molecule has 0 aliphatic carbocycles. The van der Waals surface area contributed by atoms with Crippen LogP contribution >= 0.6 is 11.6 Å². The van der Waals surface area contributed by atoms with Gasteiger partial charge < -0.3 is 24.4 Å². The smallest absolute Gasteiger partial charge is 0.400 e. The number of carbonyl (C=O) groups is 2. The molecule has 0 radical (unpaired) electrons. The van der Waals surface area contributed by atoms with Gasteiger partial charge in [0.2, 0.25) is 5.91 Å². The van der Waals surface area contributed by atoms with Crippen LogP contribution in [0.3, 0.4) is 0 Å². The molecule has 2 aromatic rings. The molecule has 1 fully saturated rings. The van der Waals surface area contributed by atoms with Gasteiger partial charge in [-0.15, -0.1) is 0 Å². The Morgan fingerprint density at radius 1 is 1.20 bits per heavy atom. The third-order valence-corrected chi connectivity index (χ3v) is 6.56. The van der Waals surface area contributed by atoms with Crippen molar-refractivity contribution in [3.05, 3.63) is 53.4 Å². The van der Waals surface area contributed by atoms with Crippen molar-refractivity contribution < 1.29 is 50.1 Å². The highest BCUT2D eigenvalue weighted by Gasteiger charge is 2.58. The van der Waals surface area contributed by atoms with E-state index in [4.69, 9.17) is 25.8 Å². The van der Waals surface area contributed by atoms with Gasteiger partial charge in [0.05, 0.1) is 24.7 Å². The van der Waals surface area contributed by atoms with Crippen LogP contribution in [0.1, 0.15) is 20.3 Å². The summed E-state index contributed by atoms with van der Waals surface area (Å²) in [6, 6.07) is 5.21. The van der Waals surface area contributed by atoms with E-state index in [-0.39, 0.29) is 41.6 Å². The van der Waals surface area contributed by atoms with Crippen LogP contribution in [0.25, 0.3) is 0 Å². The topological polar surface area (TPSA) is 94.9 Å². The van der Waals surface area contributed by atoms with Crippen LogP contribution in [0.15, 0.2) is 48.4 Å². The summed E-state index contributed by atoms with van der Waals surface area (Å²) in [6.07, 6.45) is -11.3. The second kappa shape index (κ2) is 11.5. The van der Waals surface area contributed by atoms with Crippen molar-refractivity contribution in [3.63, 3.8) is 0 Å². The lowest BCUT2D eigenvalue weighted by Crippen LogP contribution is -2.50. The molecule has 0 spiro atoms. The number of ether oxygens (including phenoxy) is 3. The zero-order valence-electron chi connectivity index (χ0n) is 21.6. The van der Waals surface area contributed by atoms with Crippen molar-refractivity contribution in [2.24, 2.45) is 5.92 Å². The van der Waals surface area contributed by atoms with Crippen molar-refractivity contribution in [1.29, 1.82) is 0 Å². The molecule has 224 valence electrons. The van der Waals surface area contributed by atoms with E-state index in [1.807, 2.05) is 0 Å². The molecular weight excluding hydrogens is 586 g/mol. The van der Waals surface area contributed by atoms with Crippen LogP contribution < -0.4 is 10.1 Å². The van der Waals surface area contributed by atoms with Crippen molar-refractivity contribution in [3.8, 4) is 5.75 Å². The molecule has 9 nitrogen and oxygen atoms in total. The Morgan fingerprint density at radius 2 is 1.88 bits per heavy atom. The van der Waals surface area contributed by atoms with Crippen molar-refractivity contribution >= 4 is 29.2 Å².